The highest BCUT2D eigenvalue weighted by molar-refractivity contribution is 7.92. The molecule has 0 saturated heterocycles. The first-order chi connectivity index (χ1) is 15.0. The quantitative estimate of drug-likeness (QED) is 0.485. The third kappa shape index (κ3) is 3.62. The molecule has 2 aromatic heterocycles. The van der Waals surface area contributed by atoms with Gasteiger partial charge in [0.2, 0.25) is 0 Å². The molecule has 0 aliphatic carbocycles. The van der Waals surface area contributed by atoms with E-state index < -0.39 is 10.0 Å². The molecule has 0 radical (unpaired) electrons. The number of hydrogen-bond acceptors (Lipinski definition) is 6. The van der Waals surface area contributed by atoms with Crippen LogP contribution in [0.2, 0.25) is 0 Å². The summed E-state index contributed by atoms with van der Waals surface area (Å²) < 4.78 is 32.6. The molecule has 0 unspecified atom stereocenters. The Balaban J connectivity index is 1.38. The molecule has 1 amide bonds. The van der Waals surface area contributed by atoms with Crippen molar-refractivity contribution in [2.45, 2.75) is 11.3 Å². The number of fused-ring (bicyclic) bond motifs is 1. The molecular weight excluding hydrogens is 434 g/mol. The summed E-state index contributed by atoms with van der Waals surface area (Å²) in [5.74, 6) is -0.143. The number of sulfonamides is 1. The van der Waals surface area contributed by atoms with Crippen LogP contribution in [0.4, 0.5) is 10.8 Å². The number of amides is 1. The van der Waals surface area contributed by atoms with Crippen molar-refractivity contribution in [3.8, 4) is 11.3 Å². The lowest BCUT2D eigenvalue weighted by atomic mass is 10.1. The van der Waals surface area contributed by atoms with Gasteiger partial charge in [0.25, 0.3) is 15.9 Å². The number of nitrogens with one attached hydrogen (secondary N) is 1. The zero-order valence-corrected chi connectivity index (χ0v) is 17.8. The monoisotopic (exact) mass is 451 g/mol. The highest BCUT2D eigenvalue weighted by Gasteiger charge is 2.31. The molecule has 0 atom stereocenters. The number of benzene rings is 2. The molecule has 0 saturated carbocycles. The minimum atomic E-state index is -3.60. The summed E-state index contributed by atoms with van der Waals surface area (Å²) in [7, 11) is -3.60. The van der Waals surface area contributed by atoms with Crippen LogP contribution >= 0.6 is 11.3 Å². The van der Waals surface area contributed by atoms with Crippen LogP contribution in [0.3, 0.4) is 0 Å². The predicted octanol–water partition coefficient (Wildman–Crippen LogP) is 4.41. The van der Waals surface area contributed by atoms with Crippen LogP contribution < -0.4 is 9.62 Å². The number of aromatic nitrogens is 1. The van der Waals surface area contributed by atoms with Crippen LogP contribution in [0.15, 0.2) is 81.6 Å². The molecule has 1 aliphatic heterocycles. The second-order valence-corrected chi connectivity index (χ2v) is 9.67. The fourth-order valence-electron chi connectivity index (χ4n) is 3.53. The molecule has 31 heavy (non-hydrogen) atoms. The van der Waals surface area contributed by atoms with E-state index in [1.165, 1.54) is 21.9 Å². The second-order valence-electron chi connectivity index (χ2n) is 6.95. The van der Waals surface area contributed by atoms with Crippen LogP contribution in [-0.4, -0.2) is 25.9 Å². The Morgan fingerprint density at radius 2 is 1.94 bits per heavy atom. The summed E-state index contributed by atoms with van der Waals surface area (Å²) in [5.41, 5.74) is 3.22. The average molecular weight is 452 g/mol. The zero-order valence-electron chi connectivity index (χ0n) is 16.2. The van der Waals surface area contributed by atoms with Crippen molar-refractivity contribution >= 4 is 38.1 Å². The number of anilines is 2. The fraction of sp³-hybridized carbons (Fsp3) is 0.0909. The maximum Gasteiger partial charge on any atom is 0.293 e. The van der Waals surface area contributed by atoms with Crippen LogP contribution in [0, 0.1) is 0 Å². The van der Waals surface area contributed by atoms with Gasteiger partial charge in [-0.3, -0.25) is 14.4 Å². The summed E-state index contributed by atoms with van der Waals surface area (Å²) in [6, 6.07) is 17.3. The Morgan fingerprint density at radius 3 is 2.71 bits per heavy atom. The minimum absolute atomic E-state index is 0.217. The molecule has 5 rings (SSSR count). The first-order valence-corrected chi connectivity index (χ1v) is 11.9. The average Bonchev–Trinajstić information content (AvgIpc) is 3.54. The van der Waals surface area contributed by atoms with E-state index in [0.717, 1.165) is 11.1 Å². The Morgan fingerprint density at radius 1 is 1.10 bits per heavy atom. The van der Waals surface area contributed by atoms with E-state index in [1.54, 1.807) is 42.5 Å². The summed E-state index contributed by atoms with van der Waals surface area (Å²) in [5, 5.41) is 5.04. The summed E-state index contributed by atoms with van der Waals surface area (Å²) >= 11 is 1.31. The van der Waals surface area contributed by atoms with E-state index in [1.807, 2.05) is 23.6 Å². The van der Waals surface area contributed by atoms with Crippen molar-refractivity contribution in [1.29, 1.82) is 0 Å². The number of hydrogen-bond donors (Lipinski definition) is 1. The van der Waals surface area contributed by atoms with Crippen LogP contribution in [-0.2, 0) is 16.4 Å². The molecule has 0 bridgehead atoms. The van der Waals surface area contributed by atoms with Gasteiger partial charge in [0.15, 0.2) is 10.9 Å². The summed E-state index contributed by atoms with van der Waals surface area (Å²) in [4.78, 5) is 16.9. The molecular formula is C22H17N3O4S2. The largest absolute Gasteiger partial charge is 0.459 e. The zero-order chi connectivity index (χ0) is 21.4. The van der Waals surface area contributed by atoms with Crippen LogP contribution in [0.5, 0.6) is 0 Å². The standard InChI is InChI=1S/C22H17N3O4S2/c26-21(20-7-4-12-29-20)24-22-23-18(14-30-22)15-8-9-19-16(13-15)10-11-25(19)31(27,28)17-5-2-1-3-6-17/h1-9,12-14H,10-11H2,(H,23,24,26). The molecule has 156 valence electrons. The van der Waals surface area contributed by atoms with Gasteiger partial charge in [-0.25, -0.2) is 13.4 Å². The van der Waals surface area contributed by atoms with Gasteiger partial charge in [-0.1, -0.05) is 24.3 Å². The third-order valence-electron chi connectivity index (χ3n) is 5.03. The molecule has 1 aliphatic rings. The smallest absolute Gasteiger partial charge is 0.293 e. The first-order valence-electron chi connectivity index (χ1n) is 9.54. The van der Waals surface area contributed by atoms with Gasteiger partial charge in [-0.2, -0.15) is 0 Å². The lowest BCUT2D eigenvalue weighted by Crippen LogP contribution is -2.29. The van der Waals surface area contributed by atoms with Crippen molar-refractivity contribution in [3.63, 3.8) is 0 Å². The van der Waals surface area contributed by atoms with Crippen molar-refractivity contribution in [1.82, 2.24) is 4.98 Å². The van der Waals surface area contributed by atoms with E-state index >= 15 is 0 Å². The molecule has 3 heterocycles. The number of carbonyl (C=O) groups is 1. The molecule has 9 heteroatoms. The van der Waals surface area contributed by atoms with E-state index in [-0.39, 0.29) is 16.6 Å². The Bertz CT molecular complexity index is 1350. The van der Waals surface area contributed by atoms with E-state index in [9.17, 15) is 13.2 Å². The minimum Gasteiger partial charge on any atom is -0.459 e. The van der Waals surface area contributed by atoms with Gasteiger partial charge in [0.1, 0.15) is 0 Å². The van der Waals surface area contributed by atoms with Crippen molar-refractivity contribution in [2.75, 3.05) is 16.2 Å². The molecule has 1 N–H and O–H groups in total. The molecule has 0 fully saturated rings. The highest BCUT2D eigenvalue weighted by Crippen LogP contribution is 2.36. The Hall–Kier alpha value is -3.43. The van der Waals surface area contributed by atoms with Gasteiger partial charge in [-0.05, 0) is 48.4 Å². The SMILES string of the molecule is O=C(Nc1nc(-c2ccc3c(c2)CCN3S(=O)(=O)c2ccccc2)cs1)c1ccco1. The second kappa shape index (κ2) is 7.68. The van der Waals surface area contributed by atoms with Crippen LogP contribution in [0.1, 0.15) is 16.1 Å². The van der Waals surface area contributed by atoms with E-state index in [0.29, 0.717) is 29.5 Å². The van der Waals surface area contributed by atoms with Crippen molar-refractivity contribution < 1.29 is 17.6 Å². The Kier molecular flexibility index (Phi) is 4.84. The predicted molar refractivity (Wildman–Crippen MR) is 119 cm³/mol. The van der Waals surface area contributed by atoms with Gasteiger partial charge in [-0.15, -0.1) is 11.3 Å². The van der Waals surface area contributed by atoms with Crippen molar-refractivity contribution in [3.05, 3.63) is 83.6 Å². The van der Waals surface area contributed by atoms with Crippen molar-refractivity contribution in [2.24, 2.45) is 0 Å². The molecule has 7 nitrogen and oxygen atoms in total. The number of nitrogens with zero attached hydrogens (tertiary/aromatic N) is 2. The van der Waals surface area contributed by atoms with E-state index in [2.05, 4.69) is 10.3 Å². The normalized spacial score (nSPS) is 13.2. The fourth-order valence-corrected chi connectivity index (χ4v) is 5.77. The number of furan rings is 1. The van der Waals surface area contributed by atoms with Gasteiger partial charge in [0.05, 0.1) is 22.5 Å². The lowest BCUT2D eigenvalue weighted by molar-refractivity contribution is 0.0996. The molecule has 0 spiro atoms. The first kappa shape index (κ1) is 19.5. The topological polar surface area (TPSA) is 92.5 Å². The number of thiazole rings is 1. The van der Waals surface area contributed by atoms with Crippen LogP contribution in [0.25, 0.3) is 11.3 Å². The lowest BCUT2D eigenvalue weighted by Gasteiger charge is -2.19. The highest BCUT2D eigenvalue weighted by atomic mass is 32.2. The molecule has 4 aromatic rings. The number of rotatable bonds is 5. The van der Waals surface area contributed by atoms with E-state index in [4.69, 9.17) is 4.42 Å². The van der Waals surface area contributed by atoms with Gasteiger partial charge in [0, 0.05) is 17.5 Å². The number of carbonyl (C=O) groups excluding carboxylic acids is 1. The Labute approximate surface area is 183 Å². The molecule has 2 aromatic carbocycles. The maximum atomic E-state index is 13.0. The summed E-state index contributed by atoms with van der Waals surface area (Å²) in [6.07, 6.45) is 2.06. The summed E-state index contributed by atoms with van der Waals surface area (Å²) in [6.45, 7) is 0.400. The van der Waals surface area contributed by atoms with Gasteiger partial charge >= 0.3 is 0 Å². The maximum absolute atomic E-state index is 13.0. The third-order valence-corrected chi connectivity index (χ3v) is 7.61. The van der Waals surface area contributed by atoms with Gasteiger partial charge < -0.3 is 4.42 Å².